The van der Waals surface area contributed by atoms with E-state index in [0.29, 0.717) is 23.3 Å². The van der Waals surface area contributed by atoms with Gasteiger partial charge < -0.3 is 10.4 Å². The van der Waals surface area contributed by atoms with Gasteiger partial charge in [0.25, 0.3) is 5.56 Å². The Morgan fingerprint density at radius 3 is 2.62 bits per heavy atom. The lowest BCUT2D eigenvalue weighted by Crippen LogP contribution is -2.33. The van der Waals surface area contributed by atoms with Crippen molar-refractivity contribution < 1.29 is 9.90 Å². The van der Waals surface area contributed by atoms with Crippen LogP contribution in [-0.4, -0.2) is 46.7 Å². The van der Waals surface area contributed by atoms with Gasteiger partial charge >= 0.3 is 5.97 Å². The predicted molar refractivity (Wildman–Crippen MR) is 114 cm³/mol. The smallest absolute Gasteiger partial charge is 0.338 e. The summed E-state index contributed by atoms with van der Waals surface area (Å²) in [6.07, 6.45) is 0.970. The standard InChI is InChI=1S/C22H22ClN3O3/c23-17-9-4-8-16-19(17)21(27)26(15-6-2-1-3-7-15)18(20(16)22(28)29)14-25-12-5-10-24-11-13-25/h1-4,6-9,24H,5,10-14H2,(H,28,29). The molecule has 4 rings (SSSR count). The minimum absolute atomic E-state index is 0.128. The number of hydrogen-bond acceptors (Lipinski definition) is 4. The largest absolute Gasteiger partial charge is 0.478 e. The number of rotatable bonds is 4. The van der Waals surface area contributed by atoms with Gasteiger partial charge in [0.15, 0.2) is 0 Å². The molecule has 0 saturated carbocycles. The Morgan fingerprint density at radius 2 is 1.86 bits per heavy atom. The molecule has 2 heterocycles. The van der Waals surface area contributed by atoms with Crippen LogP contribution in [0.2, 0.25) is 5.02 Å². The summed E-state index contributed by atoms with van der Waals surface area (Å²) in [5.74, 6) is -1.06. The van der Waals surface area contributed by atoms with Crippen LogP contribution in [0, 0.1) is 0 Å². The zero-order chi connectivity index (χ0) is 20.4. The molecule has 0 bridgehead atoms. The molecule has 2 aromatic carbocycles. The zero-order valence-electron chi connectivity index (χ0n) is 15.9. The lowest BCUT2D eigenvalue weighted by Gasteiger charge is -2.24. The molecular weight excluding hydrogens is 390 g/mol. The molecule has 3 aromatic rings. The molecular formula is C22H22ClN3O3. The van der Waals surface area contributed by atoms with E-state index in [-0.39, 0.29) is 21.5 Å². The monoisotopic (exact) mass is 411 g/mol. The number of aromatic carboxylic acids is 1. The second kappa shape index (κ2) is 8.37. The van der Waals surface area contributed by atoms with Gasteiger partial charge in [-0.3, -0.25) is 14.3 Å². The fourth-order valence-corrected chi connectivity index (χ4v) is 4.22. The number of carbonyl (C=O) groups is 1. The fourth-order valence-electron chi connectivity index (χ4n) is 3.96. The third-order valence-corrected chi connectivity index (χ3v) is 5.61. The molecule has 1 saturated heterocycles. The molecule has 1 aliphatic heterocycles. The number of fused-ring (bicyclic) bond motifs is 1. The number of aromatic nitrogens is 1. The molecule has 1 aromatic heterocycles. The number of benzene rings is 2. The van der Waals surface area contributed by atoms with E-state index in [9.17, 15) is 14.7 Å². The average molecular weight is 412 g/mol. The first-order valence-corrected chi connectivity index (χ1v) is 10.0. The van der Waals surface area contributed by atoms with Crippen LogP contribution in [-0.2, 0) is 6.54 Å². The highest BCUT2D eigenvalue weighted by Crippen LogP contribution is 2.28. The average Bonchev–Trinajstić information content (AvgIpc) is 2.97. The topological polar surface area (TPSA) is 74.6 Å². The van der Waals surface area contributed by atoms with Gasteiger partial charge in [-0.2, -0.15) is 0 Å². The van der Waals surface area contributed by atoms with Gasteiger partial charge in [0.2, 0.25) is 0 Å². The predicted octanol–water partition coefficient (Wildman–Crippen LogP) is 3.14. The highest BCUT2D eigenvalue weighted by Gasteiger charge is 2.25. The summed E-state index contributed by atoms with van der Waals surface area (Å²) in [7, 11) is 0. The maximum atomic E-state index is 13.5. The van der Waals surface area contributed by atoms with Gasteiger partial charge in [-0.1, -0.05) is 41.9 Å². The molecule has 150 valence electrons. The van der Waals surface area contributed by atoms with E-state index < -0.39 is 5.97 Å². The van der Waals surface area contributed by atoms with E-state index in [2.05, 4.69) is 10.2 Å². The van der Waals surface area contributed by atoms with Gasteiger partial charge in [-0.15, -0.1) is 0 Å². The van der Waals surface area contributed by atoms with Crippen molar-refractivity contribution in [3.63, 3.8) is 0 Å². The summed E-state index contributed by atoms with van der Waals surface area (Å²) in [5.41, 5.74) is 0.933. The van der Waals surface area contributed by atoms with Gasteiger partial charge in [-0.05, 0) is 37.7 Å². The number of nitrogens with one attached hydrogen (secondary N) is 1. The summed E-state index contributed by atoms with van der Waals surface area (Å²) in [5, 5.41) is 14.3. The molecule has 1 aliphatic rings. The SMILES string of the molecule is O=C(O)c1c(CN2CCCNCC2)n(-c2ccccc2)c(=O)c2c(Cl)cccc12. The second-order valence-electron chi connectivity index (χ2n) is 7.15. The highest BCUT2D eigenvalue weighted by molar-refractivity contribution is 6.35. The Morgan fingerprint density at radius 1 is 1.07 bits per heavy atom. The molecule has 0 amide bonds. The van der Waals surface area contributed by atoms with Crippen LogP contribution in [0.3, 0.4) is 0 Å². The van der Waals surface area contributed by atoms with Crippen LogP contribution in [0.5, 0.6) is 0 Å². The van der Waals surface area contributed by atoms with Gasteiger partial charge in [0.1, 0.15) is 0 Å². The molecule has 0 unspecified atom stereocenters. The molecule has 6 nitrogen and oxygen atoms in total. The van der Waals surface area contributed by atoms with Crippen molar-refractivity contribution in [3.05, 3.63) is 75.2 Å². The van der Waals surface area contributed by atoms with Gasteiger partial charge in [-0.25, -0.2) is 4.79 Å². The number of nitrogens with zero attached hydrogens (tertiary/aromatic N) is 2. The van der Waals surface area contributed by atoms with Crippen LogP contribution in [0.15, 0.2) is 53.3 Å². The molecule has 1 fully saturated rings. The van der Waals surface area contributed by atoms with E-state index >= 15 is 0 Å². The Kier molecular flexibility index (Phi) is 5.67. The summed E-state index contributed by atoms with van der Waals surface area (Å²) in [6.45, 7) is 3.76. The van der Waals surface area contributed by atoms with E-state index in [0.717, 1.165) is 32.6 Å². The van der Waals surface area contributed by atoms with Crippen molar-refractivity contribution in [1.82, 2.24) is 14.8 Å². The van der Waals surface area contributed by atoms with E-state index in [4.69, 9.17) is 11.6 Å². The van der Waals surface area contributed by atoms with Crippen LogP contribution < -0.4 is 10.9 Å². The Hall–Kier alpha value is -2.67. The first-order chi connectivity index (χ1) is 14.1. The quantitative estimate of drug-likeness (QED) is 0.690. The van der Waals surface area contributed by atoms with Crippen LogP contribution in [0.25, 0.3) is 16.5 Å². The first kappa shape index (κ1) is 19.6. The molecule has 0 spiro atoms. The van der Waals surface area contributed by atoms with Crippen LogP contribution >= 0.6 is 11.6 Å². The first-order valence-electron chi connectivity index (χ1n) is 9.66. The van der Waals surface area contributed by atoms with Crippen molar-refractivity contribution in [2.45, 2.75) is 13.0 Å². The number of carboxylic acid groups (broad SMARTS) is 1. The Bertz CT molecular complexity index is 1100. The maximum Gasteiger partial charge on any atom is 0.338 e. The van der Waals surface area contributed by atoms with Crippen molar-refractivity contribution in [3.8, 4) is 5.69 Å². The van der Waals surface area contributed by atoms with Crippen molar-refractivity contribution in [1.29, 1.82) is 0 Å². The summed E-state index contributed by atoms with van der Waals surface area (Å²) < 4.78 is 1.51. The minimum Gasteiger partial charge on any atom is -0.478 e. The number of carboxylic acids is 1. The van der Waals surface area contributed by atoms with Crippen LogP contribution in [0.4, 0.5) is 0 Å². The van der Waals surface area contributed by atoms with Crippen molar-refractivity contribution in [2.75, 3.05) is 26.2 Å². The normalized spacial score (nSPS) is 15.3. The van der Waals surface area contributed by atoms with E-state index in [1.165, 1.54) is 4.57 Å². The zero-order valence-corrected chi connectivity index (χ0v) is 16.7. The maximum absolute atomic E-state index is 13.5. The minimum atomic E-state index is -1.06. The van der Waals surface area contributed by atoms with E-state index in [1.54, 1.807) is 18.2 Å². The third kappa shape index (κ3) is 3.79. The summed E-state index contributed by atoms with van der Waals surface area (Å²) >= 11 is 6.34. The molecule has 0 radical (unpaired) electrons. The lowest BCUT2D eigenvalue weighted by molar-refractivity contribution is 0.0695. The molecule has 7 heteroatoms. The second-order valence-corrected chi connectivity index (χ2v) is 7.55. The number of pyridine rings is 1. The Balaban J connectivity index is 2.03. The molecule has 2 N–H and O–H groups in total. The summed E-state index contributed by atoms with van der Waals surface area (Å²) in [6, 6.07) is 14.1. The van der Waals surface area contributed by atoms with E-state index in [1.807, 2.05) is 30.3 Å². The lowest BCUT2D eigenvalue weighted by atomic mass is 10.0. The fraction of sp³-hybridized carbons (Fsp3) is 0.273. The summed E-state index contributed by atoms with van der Waals surface area (Å²) in [4.78, 5) is 28.1. The highest BCUT2D eigenvalue weighted by atomic mass is 35.5. The van der Waals surface area contributed by atoms with Crippen molar-refractivity contribution >= 4 is 28.3 Å². The van der Waals surface area contributed by atoms with Gasteiger partial charge in [0, 0.05) is 30.7 Å². The van der Waals surface area contributed by atoms with Gasteiger partial charge in [0.05, 0.1) is 21.7 Å². The number of halogens is 1. The molecule has 0 atom stereocenters. The van der Waals surface area contributed by atoms with Crippen molar-refractivity contribution in [2.24, 2.45) is 0 Å². The molecule has 29 heavy (non-hydrogen) atoms. The van der Waals surface area contributed by atoms with Crippen LogP contribution in [0.1, 0.15) is 22.5 Å². The third-order valence-electron chi connectivity index (χ3n) is 5.29. The molecule has 0 aliphatic carbocycles. The number of para-hydroxylation sites is 1. The Labute approximate surface area is 173 Å². The number of hydrogen-bond donors (Lipinski definition) is 2.